The van der Waals surface area contributed by atoms with E-state index >= 15 is 0 Å². The number of benzene rings is 10. The molecule has 0 amide bonds. The summed E-state index contributed by atoms with van der Waals surface area (Å²) in [5, 5.41) is 2.48. The molecule has 0 atom stereocenters. The number of hydrogen-bond acceptors (Lipinski definition) is 1. The molecule has 1 spiro atoms. The van der Waals surface area contributed by atoms with Crippen LogP contribution in [-0.2, 0) is 21.7 Å². The van der Waals surface area contributed by atoms with Crippen LogP contribution in [0.25, 0.3) is 72.0 Å². The predicted octanol–water partition coefficient (Wildman–Crippen LogP) is 19.2. The Kier molecular flexibility index (Phi) is 9.41. The Morgan fingerprint density at radius 1 is 0.351 bits per heavy atom. The maximum absolute atomic E-state index is 2.57. The highest BCUT2D eigenvalue weighted by atomic mass is 15.2. The minimum Gasteiger partial charge on any atom is -0.308 e. The summed E-state index contributed by atoms with van der Waals surface area (Å²) in [5.74, 6) is 0. The van der Waals surface area contributed by atoms with Gasteiger partial charge < -0.3 is 9.47 Å². The van der Waals surface area contributed by atoms with E-state index in [-0.39, 0.29) is 16.2 Å². The first-order valence-electron chi connectivity index (χ1n) is 26.5. The highest BCUT2D eigenvalue weighted by Crippen LogP contribution is 2.64. The van der Waals surface area contributed by atoms with Gasteiger partial charge in [0.15, 0.2) is 0 Å². The standard InChI is InChI=1S/C72H60N2/c1-69(2,3)45-36-39-49-50-40-37-46(70(4,5)6)43-62(50)72(61(49)42-45)58-29-15-9-22-48(58)56-44-47(38-41-59(56)72)73(66-34-19-20-35-67(66)74-64-32-17-11-23-51(64)52-24-12-18-33-65(52)74)63-31-16-13-25-53(63)54-27-21-30-60-68(54)55-26-10-14-28-57(55)71(60,7)8/h9-44H,1-8H3. The van der Waals surface area contributed by atoms with Crippen LogP contribution in [0.3, 0.4) is 0 Å². The normalized spacial score (nSPS) is 14.4. The molecule has 1 heterocycles. The molecule has 2 nitrogen and oxygen atoms in total. The lowest BCUT2D eigenvalue weighted by Crippen LogP contribution is -2.27. The molecule has 3 aliphatic carbocycles. The monoisotopic (exact) mass is 952 g/mol. The fraction of sp³-hybridized carbons (Fsp3) is 0.167. The lowest BCUT2D eigenvalue weighted by molar-refractivity contribution is 0.586. The van der Waals surface area contributed by atoms with Gasteiger partial charge in [0.2, 0.25) is 0 Å². The van der Waals surface area contributed by atoms with Crippen molar-refractivity contribution in [2.45, 2.75) is 77.0 Å². The van der Waals surface area contributed by atoms with Gasteiger partial charge in [-0.15, -0.1) is 0 Å². The predicted molar refractivity (Wildman–Crippen MR) is 312 cm³/mol. The smallest absolute Gasteiger partial charge is 0.0725 e. The van der Waals surface area contributed by atoms with Crippen molar-refractivity contribution in [1.29, 1.82) is 0 Å². The first-order valence-corrected chi connectivity index (χ1v) is 26.5. The minimum absolute atomic E-state index is 0.0271. The second-order valence-corrected chi connectivity index (χ2v) is 23.7. The number of rotatable bonds is 5. The van der Waals surface area contributed by atoms with Gasteiger partial charge in [0, 0.05) is 27.4 Å². The zero-order valence-electron chi connectivity index (χ0n) is 43.7. The molecular formula is C72H60N2. The Bertz CT molecular complexity index is 4030. The minimum atomic E-state index is -0.508. The second kappa shape index (κ2) is 15.7. The van der Waals surface area contributed by atoms with Gasteiger partial charge in [-0.25, -0.2) is 0 Å². The van der Waals surface area contributed by atoms with E-state index in [1.165, 1.54) is 111 Å². The summed E-state index contributed by atoms with van der Waals surface area (Å²) in [5.41, 5.74) is 27.3. The van der Waals surface area contributed by atoms with Gasteiger partial charge in [0.1, 0.15) is 0 Å². The average Bonchev–Trinajstić information content (AvgIpc) is 4.12. The summed E-state index contributed by atoms with van der Waals surface area (Å²) in [6, 6.07) is 83.4. The van der Waals surface area contributed by atoms with Crippen LogP contribution in [0, 0.1) is 0 Å². The maximum atomic E-state index is 2.57. The van der Waals surface area contributed by atoms with Crippen molar-refractivity contribution in [1.82, 2.24) is 4.57 Å². The molecule has 0 saturated heterocycles. The molecule has 11 aromatic rings. The topological polar surface area (TPSA) is 8.17 Å². The molecule has 0 aliphatic heterocycles. The van der Waals surface area contributed by atoms with Crippen LogP contribution in [0.2, 0.25) is 0 Å². The Morgan fingerprint density at radius 3 is 1.49 bits per heavy atom. The molecule has 358 valence electrons. The van der Waals surface area contributed by atoms with E-state index in [0.717, 1.165) is 22.7 Å². The Balaban J connectivity index is 1.07. The molecule has 0 bridgehead atoms. The number of anilines is 3. The molecule has 0 radical (unpaired) electrons. The summed E-state index contributed by atoms with van der Waals surface area (Å²) in [7, 11) is 0. The summed E-state index contributed by atoms with van der Waals surface area (Å²) in [4.78, 5) is 2.57. The molecule has 74 heavy (non-hydrogen) atoms. The van der Waals surface area contributed by atoms with E-state index in [2.05, 4.69) is 283 Å². The third kappa shape index (κ3) is 6.12. The van der Waals surface area contributed by atoms with Gasteiger partial charge in [-0.05, 0) is 137 Å². The van der Waals surface area contributed by atoms with Crippen molar-refractivity contribution in [2.75, 3.05) is 4.90 Å². The van der Waals surface area contributed by atoms with Gasteiger partial charge in [-0.1, -0.05) is 231 Å². The lowest BCUT2D eigenvalue weighted by atomic mass is 9.69. The van der Waals surface area contributed by atoms with Crippen LogP contribution in [0.5, 0.6) is 0 Å². The van der Waals surface area contributed by atoms with Gasteiger partial charge in [-0.2, -0.15) is 0 Å². The molecule has 14 rings (SSSR count). The number of fused-ring (bicyclic) bond motifs is 16. The van der Waals surface area contributed by atoms with Crippen molar-refractivity contribution >= 4 is 38.9 Å². The second-order valence-electron chi connectivity index (χ2n) is 23.7. The fourth-order valence-corrected chi connectivity index (χ4v) is 13.6. The fourth-order valence-electron chi connectivity index (χ4n) is 13.6. The SMILES string of the molecule is CC(C)(C)c1ccc2c(c1)C1(c3ccccc3-c3cc(N(c4ccccc4-c4cccc5c4-c4ccccc4C5(C)C)c4ccccc4-n4c5ccccc5c5ccccc54)ccc31)c1cc(C(C)(C)C)ccc1-2. The molecule has 3 aliphatic rings. The molecule has 2 heteroatoms. The highest BCUT2D eigenvalue weighted by Gasteiger charge is 2.52. The van der Waals surface area contributed by atoms with E-state index in [1.807, 2.05) is 0 Å². The zero-order valence-corrected chi connectivity index (χ0v) is 43.7. The van der Waals surface area contributed by atoms with Crippen molar-refractivity contribution in [3.8, 4) is 50.2 Å². The van der Waals surface area contributed by atoms with Crippen molar-refractivity contribution in [2.24, 2.45) is 0 Å². The Hall–Kier alpha value is -8.20. The van der Waals surface area contributed by atoms with E-state index in [1.54, 1.807) is 0 Å². The number of hydrogen-bond donors (Lipinski definition) is 0. The number of nitrogens with zero attached hydrogens (tertiary/aromatic N) is 2. The lowest BCUT2D eigenvalue weighted by Gasteiger charge is -2.33. The first-order chi connectivity index (χ1) is 35.8. The molecule has 1 aromatic heterocycles. The molecule has 0 saturated carbocycles. The Labute approximate surface area is 436 Å². The average molecular weight is 953 g/mol. The largest absolute Gasteiger partial charge is 0.308 e. The molecular weight excluding hydrogens is 893 g/mol. The van der Waals surface area contributed by atoms with Crippen LogP contribution in [-0.4, -0.2) is 4.57 Å². The van der Waals surface area contributed by atoms with Gasteiger partial charge in [0.05, 0.1) is 33.5 Å². The third-order valence-corrected chi connectivity index (χ3v) is 17.1. The first kappa shape index (κ1) is 44.5. The van der Waals surface area contributed by atoms with Crippen LogP contribution < -0.4 is 4.90 Å². The summed E-state index contributed by atoms with van der Waals surface area (Å²) in [6.07, 6.45) is 0. The number of para-hydroxylation sites is 5. The van der Waals surface area contributed by atoms with Crippen LogP contribution in [0.1, 0.15) is 99.9 Å². The van der Waals surface area contributed by atoms with Gasteiger partial charge in [0.25, 0.3) is 0 Å². The molecule has 10 aromatic carbocycles. The van der Waals surface area contributed by atoms with E-state index in [9.17, 15) is 0 Å². The van der Waals surface area contributed by atoms with Crippen molar-refractivity contribution in [3.05, 3.63) is 263 Å². The van der Waals surface area contributed by atoms with Gasteiger partial charge >= 0.3 is 0 Å². The van der Waals surface area contributed by atoms with Crippen molar-refractivity contribution < 1.29 is 0 Å². The van der Waals surface area contributed by atoms with Gasteiger partial charge in [-0.3, -0.25) is 0 Å². The summed E-state index contributed by atoms with van der Waals surface area (Å²) >= 11 is 0. The quantitative estimate of drug-likeness (QED) is 0.167. The molecule has 0 fully saturated rings. The third-order valence-electron chi connectivity index (χ3n) is 17.1. The summed E-state index contributed by atoms with van der Waals surface area (Å²) < 4.78 is 2.48. The van der Waals surface area contributed by atoms with Crippen molar-refractivity contribution in [3.63, 3.8) is 0 Å². The zero-order chi connectivity index (χ0) is 50.5. The van der Waals surface area contributed by atoms with Crippen LogP contribution >= 0.6 is 0 Å². The van der Waals surface area contributed by atoms with Crippen LogP contribution in [0.15, 0.2) is 218 Å². The number of aromatic nitrogens is 1. The molecule has 0 N–H and O–H groups in total. The van der Waals surface area contributed by atoms with E-state index < -0.39 is 5.41 Å². The highest BCUT2D eigenvalue weighted by molar-refractivity contribution is 6.10. The maximum Gasteiger partial charge on any atom is 0.0725 e. The summed E-state index contributed by atoms with van der Waals surface area (Å²) in [6.45, 7) is 18.8. The molecule has 0 unspecified atom stereocenters. The van der Waals surface area contributed by atoms with E-state index in [4.69, 9.17) is 0 Å². The van der Waals surface area contributed by atoms with E-state index in [0.29, 0.717) is 0 Å². The Morgan fingerprint density at radius 2 is 0.838 bits per heavy atom. The van der Waals surface area contributed by atoms with Crippen LogP contribution in [0.4, 0.5) is 17.1 Å².